The lowest BCUT2D eigenvalue weighted by molar-refractivity contribution is -0.170. The van der Waals surface area contributed by atoms with Crippen molar-refractivity contribution in [1.29, 1.82) is 0 Å². The molecule has 1 fully saturated rings. The molecular weight excluding hydrogens is 362 g/mol. The first-order valence-electron chi connectivity index (χ1n) is 9.90. The Morgan fingerprint density at radius 1 is 1.33 bits per heavy atom. The predicted octanol–water partition coefficient (Wildman–Crippen LogP) is 3.37. The third kappa shape index (κ3) is 4.16. The number of hydrogen-bond donors (Lipinski definition) is 2. The largest absolute Gasteiger partial charge is 0.378 e. The zero-order valence-electron chi connectivity index (χ0n) is 17.2. The van der Waals surface area contributed by atoms with Crippen molar-refractivity contribution in [2.75, 3.05) is 26.2 Å². The SMILES string of the molecule is CCOC1CC(N)(C(=O)NCC(c2ccccc2Cl)N(CC)CC)C1(C)C. The van der Waals surface area contributed by atoms with Gasteiger partial charge in [0.1, 0.15) is 5.54 Å². The van der Waals surface area contributed by atoms with Crippen LogP contribution in [-0.4, -0.2) is 48.7 Å². The first kappa shape index (κ1) is 22.2. The van der Waals surface area contributed by atoms with Crippen molar-refractivity contribution in [3.05, 3.63) is 34.9 Å². The van der Waals surface area contributed by atoms with Gasteiger partial charge in [-0.05, 0) is 31.6 Å². The maximum Gasteiger partial charge on any atom is 0.240 e. The second-order valence-corrected chi connectivity index (χ2v) is 8.22. The van der Waals surface area contributed by atoms with Crippen molar-refractivity contribution < 1.29 is 9.53 Å². The molecule has 0 spiro atoms. The molecule has 1 saturated carbocycles. The fourth-order valence-corrected chi connectivity index (χ4v) is 4.27. The molecule has 1 aliphatic rings. The van der Waals surface area contributed by atoms with Gasteiger partial charge in [0.25, 0.3) is 0 Å². The Bertz CT molecular complexity index is 648. The van der Waals surface area contributed by atoms with E-state index >= 15 is 0 Å². The molecule has 6 heteroatoms. The maximum atomic E-state index is 13.0. The fourth-order valence-electron chi connectivity index (χ4n) is 4.01. The quantitative estimate of drug-likeness (QED) is 0.672. The number of nitrogens with zero attached hydrogens (tertiary/aromatic N) is 1. The Morgan fingerprint density at radius 3 is 2.48 bits per heavy atom. The average Bonchev–Trinajstić information content (AvgIpc) is 2.65. The lowest BCUT2D eigenvalue weighted by Crippen LogP contribution is -2.76. The van der Waals surface area contributed by atoms with Crippen molar-refractivity contribution in [2.45, 2.75) is 58.7 Å². The highest BCUT2D eigenvalue weighted by atomic mass is 35.5. The molecule has 0 heterocycles. The number of rotatable bonds is 9. The molecule has 152 valence electrons. The van der Waals surface area contributed by atoms with Gasteiger partial charge in [0, 0.05) is 30.0 Å². The number of amides is 1. The van der Waals surface area contributed by atoms with Gasteiger partial charge in [-0.15, -0.1) is 0 Å². The Labute approximate surface area is 168 Å². The summed E-state index contributed by atoms with van der Waals surface area (Å²) in [5, 5.41) is 3.81. The molecule has 1 aliphatic carbocycles. The van der Waals surface area contributed by atoms with Crippen LogP contribution in [0.1, 0.15) is 52.6 Å². The van der Waals surface area contributed by atoms with E-state index in [9.17, 15) is 4.79 Å². The molecule has 1 amide bonds. The zero-order chi connectivity index (χ0) is 20.2. The van der Waals surface area contributed by atoms with E-state index in [0.717, 1.165) is 18.7 Å². The number of nitrogens with one attached hydrogen (secondary N) is 1. The van der Waals surface area contributed by atoms with Crippen LogP contribution < -0.4 is 11.1 Å². The van der Waals surface area contributed by atoms with Gasteiger partial charge >= 0.3 is 0 Å². The molecule has 3 N–H and O–H groups in total. The van der Waals surface area contributed by atoms with Gasteiger partial charge in [0.05, 0.1) is 12.1 Å². The number of benzene rings is 1. The zero-order valence-corrected chi connectivity index (χ0v) is 18.0. The van der Waals surface area contributed by atoms with Gasteiger partial charge < -0.3 is 15.8 Å². The van der Waals surface area contributed by atoms with Crippen LogP contribution in [0.2, 0.25) is 5.02 Å². The Morgan fingerprint density at radius 2 is 1.96 bits per heavy atom. The van der Waals surface area contributed by atoms with E-state index < -0.39 is 11.0 Å². The van der Waals surface area contributed by atoms with E-state index in [1.165, 1.54) is 0 Å². The summed E-state index contributed by atoms with van der Waals surface area (Å²) < 4.78 is 5.74. The first-order valence-corrected chi connectivity index (χ1v) is 10.3. The van der Waals surface area contributed by atoms with Gasteiger partial charge in [0.2, 0.25) is 5.91 Å². The highest BCUT2D eigenvalue weighted by molar-refractivity contribution is 6.31. The lowest BCUT2D eigenvalue weighted by Gasteiger charge is -2.57. The average molecular weight is 396 g/mol. The minimum atomic E-state index is -0.916. The molecule has 2 rings (SSSR count). The number of carbonyl (C=O) groups excluding carboxylic acids is 1. The highest BCUT2D eigenvalue weighted by Crippen LogP contribution is 2.49. The molecule has 0 saturated heterocycles. The van der Waals surface area contributed by atoms with E-state index in [1.54, 1.807) is 0 Å². The Kier molecular flexibility index (Phi) is 7.31. The lowest BCUT2D eigenvalue weighted by atomic mass is 9.54. The molecule has 0 radical (unpaired) electrons. The summed E-state index contributed by atoms with van der Waals surface area (Å²) in [5.41, 5.74) is 6.22. The minimum absolute atomic E-state index is 0.00660. The smallest absolute Gasteiger partial charge is 0.240 e. The highest BCUT2D eigenvalue weighted by Gasteiger charge is 2.62. The normalized spacial score (nSPS) is 25.1. The van der Waals surface area contributed by atoms with Crippen LogP contribution in [-0.2, 0) is 9.53 Å². The van der Waals surface area contributed by atoms with Crippen LogP contribution in [0.15, 0.2) is 24.3 Å². The summed E-state index contributed by atoms with van der Waals surface area (Å²) in [7, 11) is 0. The van der Waals surface area contributed by atoms with Crippen molar-refractivity contribution in [3.63, 3.8) is 0 Å². The molecule has 0 aliphatic heterocycles. The summed E-state index contributed by atoms with van der Waals surface area (Å²) in [5.74, 6) is -0.118. The van der Waals surface area contributed by atoms with Crippen molar-refractivity contribution in [3.8, 4) is 0 Å². The number of nitrogens with two attached hydrogens (primary N) is 1. The summed E-state index contributed by atoms with van der Waals surface area (Å²) in [6, 6.07) is 7.82. The second-order valence-electron chi connectivity index (χ2n) is 7.81. The molecule has 5 nitrogen and oxygen atoms in total. The van der Waals surface area contributed by atoms with Crippen LogP contribution in [0.5, 0.6) is 0 Å². The standard InChI is InChI=1S/C21H34ClN3O2/c1-6-25(7-2)17(15-11-9-10-12-16(15)22)14-24-19(26)21(23)13-18(27-8-3)20(21,4)5/h9-12,17-18H,6-8,13-14,23H2,1-5H3,(H,24,26). The topological polar surface area (TPSA) is 67.6 Å². The number of carbonyl (C=O) groups is 1. The van der Waals surface area contributed by atoms with Gasteiger partial charge in [-0.25, -0.2) is 0 Å². The van der Waals surface area contributed by atoms with E-state index in [4.69, 9.17) is 22.1 Å². The van der Waals surface area contributed by atoms with Crippen LogP contribution >= 0.6 is 11.6 Å². The summed E-state index contributed by atoms with van der Waals surface area (Å²) >= 11 is 6.44. The van der Waals surface area contributed by atoms with E-state index in [-0.39, 0.29) is 18.1 Å². The predicted molar refractivity (Wildman–Crippen MR) is 111 cm³/mol. The number of likely N-dealkylation sites (N-methyl/N-ethyl adjacent to an activating group) is 1. The van der Waals surface area contributed by atoms with Crippen LogP contribution in [0, 0.1) is 5.41 Å². The molecular formula is C21H34ClN3O2. The monoisotopic (exact) mass is 395 g/mol. The Balaban J connectivity index is 2.13. The van der Waals surface area contributed by atoms with Crippen molar-refractivity contribution in [1.82, 2.24) is 10.2 Å². The van der Waals surface area contributed by atoms with Crippen LogP contribution in [0.25, 0.3) is 0 Å². The third-order valence-electron chi connectivity index (χ3n) is 6.21. The number of ether oxygens (including phenoxy) is 1. The van der Waals surface area contributed by atoms with Gasteiger partial charge in [-0.3, -0.25) is 9.69 Å². The number of hydrogen-bond acceptors (Lipinski definition) is 4. The Hall–Kier alpha value is -1.14. The van der Waals surface area contributed by atoms with Crippen LogP contribution in [0.4, 0.5) is 0 Å². The van der Waals surface area contributed by atoms with Gasteiger partial charge in [0.15, 0.2) is 0 Å². The molecule has 1 aromatic carbocycles. The molecule has 0 bridgehead atoms. The van der Waals surface area contributed by atoms with E-state index in [0.29, 0.717) is 24.6 Å². The van der Waals surface area contributed by atoms with Crippen molar-refractivity contribution in [2.24, 2.45) is 11.1 Å². The van der Waals surface area contributed by atoms with E-state index in [2.05, 4.69) is 24.1 Å². The van der Waals surface area contributed by atoms with E-state index in [1.807, 2.05) is 45.0 Å². The third-order valence-corrected chi connectivity index (χ3v) is 6.55. The molecule has 0 aromatic heterocycles. The van der Waals surface area contributed by atoms with Gasteiger partial charge in [-0.1, -0.05) is 57.5 Å². The summed E-state index contributed by atoms with van der Waals surface area (Å²) in [4.78, 5) is 15.3. The molecule has 27 heavy (non-hydrogen) atoms. The summed E-state index contributed by atoms with van der Waals surface area (Å²) in [6.45, 7) is 13.0. The molecule has 1 aromatic rings. The summed E-state index contributed by atoms with van der Waals surface area (Å²) in [6.07, 6.45) is 0.558. The molecule has 3 atom stereocenters. The second kappa shape index (κ2) is 8.91. The van der Waals surface area contributed by atoms with Crippen molar-refractivity contribution >= 4 is 17.5 Å². The fraction of sp³-hybridized carbons (Fsp3) is 0.667. The van der Waals surface area contributed by atoms with Gasteiger partial charge in [-0.2, -0.15) is 0 Å². The maximum absolute atomic E-state index is 13.0. The first-order chi connectivity index (χ1) is 12.7. The minimum Gasteiger partial charge on any atom is -0.378 e. The molecule has 3 unspecified atom stereocenters. The van der Waals surface area contributed by atoms with Crippen LogP contribution in [0.3, 0.4) is 0 Å². The number of halogens is 1.